The van der Waals surface area contributed by atoms with Crippen molar-refractivity contribution in [3.8, 4) is 0 Å². The van der Waals surface area contributed by atoms with Gasteiger partial charge >= 0.3 is 0 Å². The monoisotopic (exact) mass is 317 g/mol. The second-order valence-corrected chi connectivity index (χ2v) is 4.54. The molecular formula is C11H14IN2O+. The molecule has 1 amide bonds. The summed E-state index contributed by atoms with van der Waals surface area (Å²) in [6.45, 7) is 6.67. The zero-order chi connectivity index (χ0) is 11.3. The van der Waals surface area contributed by atoms with E-state index in [-0.39, 0.29) is 5.91 Å². The molecular weight excluding hydrogens is 303 g/mol. The number of pyridine rings is 1. The van der Waals surface area contributed by atoms with E-state index in [0.717, 1.165) is 6.54 Å². The molecule has 0 aliphatic carbocycles. The van der Waals surface area contributed by atoms with Crippen LogP contribution in [0.2, 0.25) is 0 Å². The number of halogens is 1. The van der Waals surface area contributed by atoms with Crippen molar-refractivity contribution in [2.24, 2.45) is 0 Å². The van der Waals surface area contributed by atoms with Crippen LogP contribution in [-0.2, 0) is 11.3 Å². The Morgan fingerprint density at radius 2 is 2.40 bits per heavy atom. The van der Waals surface area contributed by atoms with E-state index in [1.54, 1.807) is 6.92 Å². The molecule has 0 saturated carbocycles. The van der Waals surface area contributed by atoms with Crippen LogP contribution in [0.5, 0.6) is 0 Å². The van der Waals surface area contributed by atoms with Crippen LogP contribution >= 0.6 is 22.6 Å². The van der Waals surface area contributed by atoms with Crippen LogP contribution in [-0.4, -0.2) is 12.5 Å². The molecule has 0 aliphatic rings. The predicted molar refractivity (Wildman–Crippen MR) is 67.2 cm³/mol. The molecule has 15 heavy (non-hydrogen) atoms. The van der Waals surface area contributed by atoms with Crippen molar-refractivity contribution in [2.75, 3.05) is 6.54 Å². The molecule has 1 aromatic rings. The second kappa shape index (κ2) is 5.85. The Morgan fingerprint density at radius 1 is 1.67 bits per heavy atom. The van der Waals surface area contributed by atoms with Crippen molar-refractivity contribution in [1.82, 2.24) is 5.32 Å². The fourth-order valence-electron chi connectivity index (χ4n) is 1.08. The van der Waals surface area contributed by atoms with Gasteiger partial charge in [-0.25, -0.2) is 4.57 Å². The first-order valence-corrected chi connectivity index (χ1v) is 5.76. The van der Waals surface area contributed by atoms with E-state index in [2.05, 4.69) is 34.5 Å². The van der Waals surface area contributed by atoms with Crippen LogP contribution in [0.15, 0.2) is 36.7 Å². The largest absolute Gasteiger partial charge is 0.346 e. The summed E-state index contributed by atoms with van der Waals surface area (Å²) in [5, 5.41) is 2.79. The quantitative estimate of drug-likeness (QED) is 0.506. The zero-order valence-electron chi connectivity index (χ0n) is 8.66. The molecule has 0 aliphatic heterocycles. The normalized spacial score (nSPS) is 9.73. The Balaban J connectivity index is 2.38. The maximum atomic E-state index is 11.2. The lowest BCUT2D eigenvalue weighted by Crippen LogP contribution is -2.40. The third kappa shape index (κ3) is 4.42. The van der Waals surface area contributed by atoms with E-state index in [1.165, 1.54) is 3.57 Å². The number of hydrogen-bond donors (Lipinski definition) is 1. The number of rotatable bonds is 4. The van der Waals surface area contributed by atoms with Gasteiger partial charge in [0.05, 0.1) is 10.1 Å². The highest BCUT2D eigenvalue weighted by atomic mass is 127. The van der Waals surface area contributed by atoms with Crippen LogP contribution in [0, 0.1) is 3.57 Å². The van der Waals surface area contributed by atoms with Crippen LogP contribution in [0.3, 0.4) is 0 Å². The van der Waals surface area contributed by atoms with E-state index >= 15 is 0 Å². The number of carbonyl (C=O) groups excluding carboxylic acids is 1. The molecule has 0 fully saturated rings. The fraction of sp³-hybridized carbons (Fsp3) is 0.273. The van der Waals surface area contributed by atoms with Gasteiger partial charge in [-0.15, -0.1) is 0 Å². The van der Waals surface area contributed by atoms with Gasteiger partial charge in [0.1, 0.15) is 0 Å². The standard InChI is InChI=1S/C11H13IN2O/c1-9(2)11(15)13-5-7-14-6-3-4-10(12)8-14/h3-4,6,8H,1,5,7H2,2H3/p+1. The first-order chi connectivity index (χ1) is 7.09. The summed E-state index contributed by atoms with van der Waals surface area (Å²) in [7, 11) is 0. The van der Waals surface area contributed by atoms with Gasteiger partial charge in [-0.3, -0.25) is 4.79 Å². The molecule has 1 N–H and O–H groups in total. The van der Waals surface area contributed by atoms with E-state index in [1.807, 2.05) is 29.1 Å². The number of hydrogen-bond acceptors (Lipinski definition) is 1. The average Bonchev–Trinajstić information content (AvgIpc) is 2.17. The molecule has 4 heteroatoms. The van der Waals surface area contributed by atoms with Gasteiger partial charge in [-0.05, 0) is 35.6 Å². The van der Waals surface area contributed by atoms with Crippen molar-refractivity contribution >= 4 is 28.5 Å². The minimum atomic E-state index is -0.0822. The minimum Gasteiger partial charge on any atom is -0.346 e. The van der Waals surface area contributed by atoms with Crippen molar-refractivity contribution in [1.29, 1.82) is 0 Å². The summed E-state index contributed by atoms with van der Waals surface area (Å²) in [5.41, 5.74) is 0.544. The first-order valence-electron chi connectivity index (χ1n) is 4.68. The molecule has 80 valence electrons. The maximum Gasteiger partial charge on any atom is 0.246 e. The third-order valence-electron chi connectivity index (χ3n) is 1.87. The average molecular weight is 317 g/mol. The first kappa shape index (κ1) is 12.2. The van der Waals surface area contributed by atoms with Gasteiger partial charge < -0.3 is 5.32 Å². The molecule has 0 spiro atoms. The molecule has 1 rings (SSSR count). The van der Waals surface area contributed by atoms with E-state index in [9.17, 15) is 4.79 Å². The van der Waals surface area contributed by atoms with E-state index < -0.39 is 0 Å². The van der Waals surface area contributed by atoms with Gasteiger partial charge in [0, 0.05) is 11.6 Å². The summed E-state index contributed by atoms with van der Waals surface area (Å²) in [6, 6.07) is 4.02. The lowest BCUT2D eigenvalue weighted by atomic mass is 10.3. The van der Waals surface area contributed by atoms with Crippen molar-refractivity contribution in [2.45, 2.75) is 13.5 Å². The number of carbonyl (C=O) groups is 1. The summed E-state index contributed by atoms with van der Waals surface area (Å²) >= 11 is 2.26. The lowest BCUT2D eigenvalue weighted by molar-refractivity contribution is -0.695. The zero-order valence-corrected chi connectivity index (χ0v) is 10.8. The highest BCUT2D eigenvalue weighted by Gasteiger charge is 2.03. The van der Waals surface area contributed by atoms with E-state index in [4.69, 9.17) is 0 Å². The Kier molecular flexibility index (Phi) is 4.74. The summed E-state index contributed by atoms with van der Waals surface area (Å²) < 4.78 is 3.22. The minimum absolute atomic E-state index is 0.0822. The van der Waals surface area contributed by atoms with Crippen LogP contribution < -0.4 is 9.88 Å². The Hall–Kier alpha value is -0.910. The SMILES string of the molecule is C=C(C)C(=O)NCC[n+]1cccc(I)c1. The van der Waals surface area contributed by atoms with Gasteiger partial charge in [-0.2, -0.15) is 0 Å². The van der Waals surface area contributed by atoms with Crippen LogP contribution in [0.25, 0.3) is 0 Å². The van der Waals surface area contributed by atoms with Gasteiger partial charge in [-0.1, -0.05) is 6.58 Å². The summed E-state index contributed by atoms with van der Waals surface area (Å²) in [6.07, 6.45) is 4.02. The molecule has 0 saturated heterocycles. The fourth-order valence-corrected chi connectivity index (χ4v) is 1.64. The predicted octanol–water partition coefficient (Wildman–Crippen LogP) is 1.27. The molecule has 0 radical (unpaired) electrons. The third-order valence-corrected chi connectivity index (χ3v) is 2.50. The van der Waals surface area contributed by atoms with Crippen LogP contribution in [0.1, 0.15) is 6.92 Å². The lowest BCUT2D eigenvalue weighted by Gasteiger charge is -2.01. The van der Waals surface area contributed by atoms with Gasteiger partial charge in [0.2, 0.25) is 5.91 Å². The Labute approximate surface area is 103 Å². The van der Waals surface area contributed by atoms with Gasteiger partial charge in [0.25, 0.3) is 0 Å². The number of aromatic nitrogens is 1. The highest BCUT2D eigenvalue weighted by Crippen LogP contribution is 1.97. The Bertz CT molecular complexity index is 377. The molecule has 1 aromatic heterocycles. The number of nitrogens with zero attached hydrogens (tertiary/aromatic N) is 1. The molecule has 0 atom stereocenters. The van der Waals surface area contributed by atoms with E-state index in [0.29, 0.717) is 12.1 Å². The molecule has 0 bridgehead atoms. The smallest absolute Gasteiger partial charge is 0.246 e. The molecule has 1 heterocycles. The van der Waals surface area contributed by atoms with Crippen molar-refractivity contribution in [3.63, 3.8) is 0 Å². The summed E-state index contributed by atoms with van der Waals surface area (Å²) in [4.78, 5) is 11.2. The molecule has 0 aromatic carbocycles. The topological polar surface area (TPSA) is 33.0 Å². The molecule has 3 nitrogen and oxygen atoms in total. The van der Waals surface area contributed by atoms with Crippen molar-refractivity contribution in [3.05, 3.63) is 40.2 Å². The second-order valence-electron chi connectivity index (χ2n) is 3.30. The highest BCUT2D eigenvalue weighted by molar-refractivity contribution is 14.1. The summed E-state index contributed by atoms with van der Waals surface area (Å²) in [5.74, 6) is -0.0822. The number of nitrogens with one attached hydrogen (secondary N) is 1. The maximum absolute atomic E-state index is 11.2. The van der Waals surface area contributed by atoms with Crippen molar-refractivity contribution < 1.29 is 9.36 Å². The molecule has 0 unspecified atom stereocenters. The number of amides is 1. The Morgan fingerprint density at radius 3 is 3.00 bits per heavy atom. The van der Waals surface area contributed by atoms with Gasteiger partial charge in [0.15, 0.2) is 18.9 Å². The van der Waals surface area contributed by atoms with Crippen LogP contribution in [0.4, 0.5) is 0 Å².